The highest BCUT2D eigenvalue weighted by molar-refractivity contribution is 6.44. The SMILES string of the molecule is CCC(C(=O)O)n1nc(C(Cl)Cl)cc1C(Cl)Cl. The van der Waals surface area contributed by atoms with Crippen molar-refractivity contribution in [1.82, 2.24) is 9.78 Å². The summed E-state index contributed by atoms with van der Waals surface area (Å²) in [5.41, 5.74) is 0.693. The van der Waals surface area contributed by atoms with Gasteiger partial charge in [-0.25, -0.2) is 4.79 Å². The fourth-order valence-corrected chi connectivity index (χ4v) is 1.94. The molecule has 1 heterocycles. The molecule has 1 aromatic heterocycles. The Morgan fingerprint density at radius 1 is 1.41 bits per heavy atom. The molecule has 1 aromatic rings. The lowest BCUT2D eigenvalue weighted by Gasteiger charge is -2.14. The normalized spacial score (nSPS) is 13.4. The quantitative estimate of drug-likeness (QED) is 0.838. The van der Waals surface area contributed by atoms with Gasteiger partial charge in [-0.2, -0.15) is 5.10 Å². The predicted octanol–water partition coefficient (Wildman–Crippen LogP) is 3.87. The summed E-state index contributed by atoms with van der Waals surface area (Å²) in [7, 11) is 0. The van der Waals surface area contributed by atoms with Gasteiger partial charge >= 0.3 is 5.97 Å². The highest BCUT2D eigenvalue weighted by atomic mass is 35.5. The maximum Gasteiger partial charge on any atom is 0.328 e. The van der Waals surface area contributed by atoms with Gasteiger partial charge in [-0.05, 0) is 12.5 Å². The molecule has 1 rings (SSSR count). The third-order valence-electron chi connectivity index (χ3n) is 2.20. The third-order valence-corrected chi connectivity index (χ3v) is 3.09. The van der Waals surface area contributed by atoms with Crippen molar-refractivity contribution in [2.45, 2.75) is 29.1 Å². The summed E-state index contributed by atoms with van der Waals surface area (Å²) in [6, 6.07) is 0.659. The van der Waals surface area contributed by atoms with Crippen LogP contribution in [0.3, 0.4) is 0 Å². The zero-order valence-electron chi connectivity index (χ0n) is 8.78. The second-order valence-corrected chi connectivity index (χ2v) is 5.49. The number of carboxylic acid groups (broad SMARTS) is 1. The molecule has 0 aliphatic carbocycles. The molecule has 1 unspecified atom stereocenters. The molecule has 0 saturated heterocycles. The number of halogens is 4. The van der Waals surface area contributed by atoms with Gasteiger partial charge in [0, 0.05) is 0 Å². The van der Waals surface area contributed by atoms with Gasteiger partial charge in [0.05, 0.1) is 11.4 Å². The molecule has 0 aromatic carbocycles. The molecular formula is C9H10Cl4N2O2. The molecule has 0 bridgehead atoms. The van der Waals surface area contributed by atoms with E-state index in [-0.39, 0.29) is 0 Å². The van der Waals surface area contributed by atoms with Gasteiger partial charge in [-0.1, -0.05) is 53.3 Å². The number of nitrogens with zero attached hydrogens (tertiary/aromatic N) is 2. The number of rotatable bonds is 5. The fraction of sp³-hybridized carbons (Fsp3) is 0.556. The molecule has 96 valence electrons. The van der Waals surface area contributed by atoms with E-state index in [9.17, 15) is 4.79 Å². The summed E-state index contributed by atoms with van der Waals surface area (Å²) in [5.74, 6) is -1.02. The Bertz CT molecular complexity index is 406. The maximum absolute atomic E-state index is 11.1. The first kappa shape index (κ1) is 14.9. The predicted molar refractivity (Wildman–Crippen MR) is 68.1 cm³/mol. The smallest absolute Gasteiger partial charge is 0.328 e. The molecule has 1 N–H and O–H groups in total. The molecule has 8 heteroatoms. The molecule has 0 spiro atoms. The number of aromatic nitrogens is 2. The van der Waals surface area contributed by atoms with Gasteiger partial charge in [0.1, 0.15) is 10.9 Å². The second-order valence-electron chi connectivity index (χ2n) is 3.30. The van der Waals surface area contributed by atoms with E-state index in [1.54, 1.807) is 6.92 Å². The first-order chi connectivity index (χ1) is 7.88. The zero-order valence-corrected chi connectivity index (χ0v) is 11.8. The van der Waals surface area contributed by atoms with Crippen LogP contribution in [0.15, 0.2) is 6.07 Å². The average molecular weight is 320 g/mol. The van der Waals surface area contributed by atoms with Crippen molar-refractivity contribution < 1.29 is 9.90 Å². The van der Waals surface area contributed by atoms with Crippen LogP contribution in [-0.2, 0) is 4.79 Å². The van der Waals surface area contributed by atoms with Crippen LogP contribution in [0, 0.1) is 0 Å². The monoisotopic (exact) mass is 318 g/mol. The topological polar surface area (TPSA) is 55.1 Å². The summed E-state index contributed by atoms with van der Waals surface area (Å²) >= 11 is 22.9. The van der Waals surface area contributed by atoms with E-state index in [0.29, 0.717) is 17.8 Å². The second kappa shape index (κ2) is 6.14. The van der Waals surface area contributed by atoms with Crippen LogP contribution < -0.4 is 0 Å². The number of carboxylic acids is 1. The van der Waals surface area contributed by atoms with E-state index < -0.39 is 21.7 Å². The summed E-state index contributed by atoms with van der Waals surface area (Å²) in [6.07, 6.45) is 0.346. The number of hydrogen-bond acceptors (Lipinski definition) is 2. The van der Waals surface area contributed by atoms with Crippen LogP contribution in [0.2, 0.25) is 0 Å². The highest BCUT2D eigenvalue weighted by Crippen LogP contribution is 2.32. The van der Waals surface area contributed by atoms with E-state index in [1.807, 2.05) is 0 Å². The standard InChI is InChI=1S/C9H10Cl4N2O2/c1-2-5(9(16)17)15-6(8(12)13)3-4(14-15)7(10)11/h3,5,7-8H,2H2,1H3,(H,16,17). The molecule has 0 fully saturated rings. The highest BCUT2D eigenvalue weighted by Gasteiger charge is 2.25. The Hall–Kier alpha value is -0.160. The van der Waals surface area contributed by atoms with Crippen LogP contribution in [-0.4, -0.2) is 20.9 Å². The molecule has 4 nitrogen and oxygen atoms in total. The molecule has 0 radical (unpaired) electrons. The number of carbonyl (C=O) groups is 1. The Labute approximate surface area is 118 Å². The Kier molecular flexibility index (Phi) is 5.38. The minimum Gasteiger partial charge on any atom is -0.480 e. The van der Waals surface area contributed by atoms with Gasteiger partial charge in [-0.3, -0.25) is 4.68 Å². The summed E-state index contributed by atoms with van der Waals surface area (Å²) in [5, 5.41) is 13.1. The van der Waals surface area contributed by atoms with Crippen molar-refractivity contribution in [1.29, 1.82) is 0 Å². The Morgan fingerprint density at radius 3 is 2.35 bits per heavy atom. The summed E-state index contributed by atoms with van der Waals surface area (Å²) in [4.78, 5) is 9.33. The van der Waals surface area contributed by atoms with Crippen LogP contribution in [0.5, 0.6) is 0 Å². The van der Waals surface area contributed by atoms with Crippen molar-refractivity contribution in [2.24, 2.45) is 0 Å². The van der Waals surface area contributed by atoms with Crippen molar-refractivity contribution in [3.05, 3.63) is 17.5 Å². The van der Waals surface area contributed by atoms with Crippen molar-refractivity contribution in [2.75, 3.05) is 0 Å². The Balaban J connectivity index is 3.24. The van der Waals surface area contributed by atoms with E-state index in [0.717, 1.165) is 0 Å². The van der Waals surface area contributed by atoms with Crippen molar-refractivity contribution in [3.63, 3.8) is 0 Å². The van der Waals surface area contributed by atoms with Crippen LogP contribution >= 0.6 is 46.4 Å². The van der Waals surface area contributed by atoms with E-state index in [1.165, 1.54) is 10.7 Å². The number of hydrogen-bond donors (Lipinski definition) is 1. The lowest BCUT2D eigenvalue weighted by molar-refractivity contribution is -0.141. The molecule has 0 aliphatic rings. The van der Waals surface area contributed by atoms with Crippen molar-refractivity contribution >= 4 is 52.4 Å². The van der Waals surface area contributed by atoms with Gasteiger partial charge in [0.2, 0.25) is 0 Å². The first-order valence-electron chi connectivity index (χ1n) is 4.76. The minimum atomic E-state index is -1.02. The summed E-state index contributed by atoms with van der Waals surface area (Å²) in [6.45, 7) is 1.72. The average Bonchev–Trinajstić information content (AvgIpc) is 2.63. The number of aliphatic carboxylic acids is 1. The molecule has 0 saturated carbocycles. The largest absolute Gasteiger partial charge is 0.480 e. The summed E-state index contributed by atoms with van der Waals surface area (Å²) < 4.78 is 1.25. The minimum absolute atomic E-state index is 0.328. The molecule has 0 aliphatic heterocycles. The molecule has 1 atom stereocenters. The number of alkyl halides is 4. The van der Waals surface area contributed by atoms with E-state index in [2.05, 4.69) is 5.10 Å². The maximum atomic E-state index is 11.1. The first-order valence-corrected chi connectivity index (χ1v) is 6.51. The fourth-order valence-electron chi connectivity index (χ4n) is 1.40. The van der Waals surface area contributed by atoms with Gasteiger partial charge in [0.15, 0.2) is 4.84 Å². The van der Waals surface area contributed by atoms with Crippen LogP contribution in [0.4, 0.5) is 0 Å². The molecule has 17 heavy (non-hydrogen) atoms. The van der Waals surface area contributed by atoms with Crippen LogP contribution in [0.25, 0.3) is 0 Å². The van der Waals surface area contributed by atoms with E-state index in [4.69, 9.17) is 51.5 Å². The van der Waals surface area contributed by atoms with E-state index >= 15 is 0 Å². The van der Waals surface area contributed by atoms with Crippen LogP contribution in [0.1, 0.15) is 40.4 Å². The van der Waals surface area contributed by atoms with Gasteiger partial charge in [0.25, 0.3) is 0 Å². The molecular weight excluding hydrogens is 310 g/mol. The zero-order chi connectivity index (χ0) is 13.2. The lowest BCUT2D eigenvalue weighted by atomic mass is 10.2. The molecule has 0 amide bonds. The Morgan fingerprint density at radius 2 is 2.00 bits per heavy atom. The van der Waals surface area contributed by atoms with Gasteiger partial charge in [-0.15, -0.1) is 0 Å². The van der Waals surface area contributed by atoms with Crippen molar-refractivity contribution in [3.8, 4) is 0 Å². The van der Waals surface area contributed by atoms with Gasteiger partial charge < -0.3 is 5.11 Å². The third kappa shape index (κ3) is 3.41. The lowest BCUT2D eigenvalue weighted by Crippen LogP contribution is -2.21.